The van der Waals surface area contributed by atoms with Gasteiger partial charge in [-0.05, 0) is 39.7 Å². The van der Waals surface area contributed by atoms with E-state index in [-0.39, 0.29) is 24.0 Å². The molecule has 2 aliphatic heterocycles. The first-order chi connectivity index (χ1) is 7.68. The fourth-order valence-electron chi connectivity index (χ4n) is 2.64. The number of carbonyl (C=O) groups excluding carboxylic acids is 1. The van der Waals surface area contributed by atoms with Crippen molar-refractivity contribution in [2.24, 2.45) is 5.92 Å². The zero-order valence-electron chi connectivity index (χ0n) is 10.2. The number of hydrogen-bond acceptors (Lipinski definition) is 3. The van der Waals surface area contributed by atoms with Gasteiger partial charge in [-0.25, -0.2) is 0 Å². The lowest BCUT2D eigenvalue weighted by Gasteiger charge is -2.23. The van der Waals surface area contributed by atoms with E-state index in [0.29, 0.717) is 6.04 Å². The van der Waals surface area contributed by atoms with Crippen molar-refractivity contribution < 1.29 is 9.53 Å². The van der Waals surface area contributed by atoms with E-state index in [2.05, 4.69) is 17.6 Å². The summed E-state index contributed by atoms with van der Waals surface area (Å²) in [6.07, 6.45) is 3.35. The second-order valence-electron chi connectivity index (χ2n) is 4.99. The van der Waals surface area contributed by atoms with Crippen LogP contribution in [0.2, 0.25) is 0 Å². The highest BCUT2D eigenvalue weighted by molar-refractivity contribution is 5.80. The maximum absolute atomic E-state index is 12.0. The Kier molecular flexibility index (Phi) is 3.82. The van der Waals surface area contributed by atoms with Gasteiger partial charge in [-0.2, -0.15) is 0 Å². The van der Waals surface area contributed by atoms with Crippen molar-refractivity contribution in [3.05, 3.63) is 0 Å². The lowest BCUT2D eigenvalue weighted by Crippen LogP contribution is -2.45. The van der Waals surface area contributed by atoms with E-state index in [1.807, 2.05) is 6.92 Å². The fourth-order valence-corrected chi connectivity index (χ4v) is 2.64. The minimum atomic E-state index is 0.129. The van der Waals surface area contributed by atoms with E-state index < -0.39 is 0 Å². The van der Waals surface area contributed by atoms with Crippen LogP contribution in [0.3, 0.4) is 0 Å². The van der Waals surface area contributed by atoms with Gasteiger partial charge in [-0.3, -0.25) is 4.79 Å². The Morgan fingerprint density at radius 2 is 2.31 bits per heavy atom. The van der Waals surface area contributed by atoms with Crippen LogP contribution < -0.4 is 10.6 Å². The predicted molar refractivity (Wildman–Crippen MR) is 62.2 cm³/mol. The molecule has 0 bridgehead atoms. The normalized spacial score (nSPS) is 36.2. The first kappa shape index (κ1) is 11.9. The molecule has 0 saturated carbocycles. The molecule has 2 heterocycles. The summed E-state index contributed by atoms with van der Waals surface area (Å²) < 4.78 is 5.57. The van der Waals surface area contributed by atoms with Crippen LogP contribution in [0.25, 0.3) is 0 Å². The number of nitrogens with one attached hydrogen (secondary N) is 2. The second-order valence-corrected chi connectivity index (χ2v) is 4.99. The van der Waals surface area contributed by atoms with Gasteiger partial charge >= 0.3 is 0 Å². The molecule has 0 aliphatic carbocycles. The Bertz CT molecular complexity index is 251. The first-order valence-corrected chi connectivity index (χ1v) is 6.34. The summed E-state index contributed by atoms with van der Waals surface area (Å²) in [7, 11) is 0. The van der Waals surface area contributed by atoms with Crippen molar-refractivity contribution in [3.8, 4) is 0 Å². The molecule has 92 valence electrons. The van der Waals surface area contributed by atoms with E-state index >= 15 is 0 Å². The number of ether oxygens (including phenoxy) is 1. The number of amides is 1. The number of hydrogen-bond donors (Lipinski definition) is 2. The molecule has 16 heavy (non-hydrogen) atoms. The van der Waals surface area contributed by atoms with Crippen LogP contribution in [0, 0.1) is 5.92 Å². The van der Waals surface area contributed by atoms with Crippen LogP contribution in [0.4, 0.5) is 0 Å². The van der Waals surface area contributed by atoms with Gasteiger partial charge in [0.2, 0.25) is 5.91 Å². The Hall–Kier alpha value is -0.610. The van der Waals surface area contributed by atoms with Gasteiger partial charge in [-0.15, -0.1) is 0 Å². The molecule has 0 aromatic carbocycles. The van der Waals surface area contributed by atoms with E-state index in [0.717, 1.165) is 32.4 Å². The monoisotopic (exact) mass is 226 g/mol. The summed E-state index contributed by atoms with van der Waals surface area (Å²) in [5.41, 5.74) is 0. The summed E-state index contributed by atoms with van der Waals surface area (Å²) in [5.74, 6) is 0.310. The Morgan fingerprint density at radius 1 is 1.50 bits per heavy atom. The van der Waals surface area contributed by atoms with Gasteiger partial charge < -0.3 is 15.4 Å². The van der Waals surface area contributed by atoms with E-state index in [1.54, 1.807) is 0 Å². The molecule has 0 radical (unpaired) electrons. The van der Waals surface area contributed by atoms with Crippen molar-refractivity contribution in [1.82, 2.24) is 10.6 Å². The van der Waals surface area contributed by atoms with Gasteiger partial charge in [0.15, 0.2) is 0 Å². The average Bonchev–Trinajstić information content (AvgIpc) is 2.86. The Morgan fingerprint density at radius 3 is 2.88 bits per heavy atom. The molecule has 2 rings (SSSR count). The zero-order valence-corrected chi connectivity index (χ0v) is 10.2. The largest absolute Gasteiger partial charge is 0.376 e. The molecule has 0 aromatic rings. The van der Waals surface area contributed by atoms with Gasteiger partial charge in [0.05, 0.1) is 18.1 Å². The number of rotatable bonds is 3. The summed E-state index contributed by atoms with van der Waals surface area (Å²) in [6, 6.07) is 0.444. The van der Waals surface area contributed by atoms with Crippen LogP contribution in [-0.4, -0.2) is 37.2 Å². The SMILES string of the molecule is CC(NC(=O)C1CCNC1C)C1CCCO1. The lowest BCUT2D eigenvalue weighted by atomic mass is 10.00. The highest BCUT2D eigenvalue weighted by Gasteiger charge is 2.32. The zero-order chi connectivity index (χ0) is 11.5. The van der Waals surface area contributed by atoms with Crippen molar-refractivity contribution in [2.75, 3.05) is 13.2 Å². The highest BCUT2D eigenvalue weighted by Crippen LogP contribution is 2.18. The standard InChI is InChI=1S/C12H22N2O2/c1-8-10(5-6-13-8)12(15)14-9(2)11-4-3-7-16-11/h8-11,13H,3-7H2,1-2H3,(H,14,15). The maximum atomic E-state index is 12.0. The van der Waals surface area contributed by atoms with Gasteiger partial charge in [0.25, 0.3) is 0 Å². The predicted octanol–water partition coefficient (Wildman–Crippen LogP) is 0.668. The molecule has 0 aromatic heterocycles. The molecular formula is C12H22N2O2. The quantitative estimate of drug-likeness (QED) is 0.743. The molecule has 2 saturated heterocycles. The first-order valence-electron chi connectivity index (χ1n) is 6.34. The van der Waals surface area contributed by atoms with Gasteiger partial charge in [0, 0.05) is 12.6 Å². The Labute approximate surface area is 97.1 Å². The minimum absolute atomic E-state index is 0.129. The molecule has 2 fully saturated rings. The summed E-state index contributed by atoms with van der Waals surface area (Å²) in [6.45, 7) is 5.91. The molecule has 2 aliphatic rings. The van der Waals surface area contributed by atoms with Crippen LogP contribution in [0.5, 0.6) is 0 Å². The molecular weight excluding hydrogens is 204 g/mol. The van der Waals surface area contributed by atoms with Crippen LogP contribution in [0.1, 0.15) is 33.1 Å². The minimum Gasteiger partial charge on any atom is -0.376 e. The molecule has 4 atom stereocenters. The highest BCUT2D eigenvalue weighted by atomic mass is 16.5. The topological polar surface area (TPSA) is 50.4 Å². The van der Waals surface area contributed by atoms with Crippen LogP contribution >= 0.6 is 0 Å². The third-order valence-electron chi connectivity index (χ3n) is 3.75. The lowest BCUT2D eigenvalue weighted by molar-refractivity contribution is -0.126. The van der Waals surface area contributed by atoms with Crippen molar-refractivity contribution in [3.63, 3.8) is 0 Å². The van der Waals surface area contributed by atoms with Gasteiger partial charge in [0.1, 0.15) is 0 Å². The molecule has 0 spiro atoms. The van der Waals surface area contributed by atoms with E-state index in [1.165, 1.54) is 0 Å². The maximum Gasteiger partial charge on any atom is 0.225 e. The van der Waals surface area contributed by atoms with Crippen molar-refractivity contribution in [2.45, 2.75) is 51.3 Å². The number of carbonyl (C=O) groups is 1. The fraction of sp³-hybridized carbons (Fsp3) is 0.917. The summed E-state index contributed by atoms with van der Waals surface area (Å²) in [4.78, 5) is 12.0. The van der Waals surface area contributed by atoms with Crippen molar-refractivity contribution in [1.29, 1.82) is 0 Å². The Balaban J connectivity index is 1.81. The van der Waals surface area contributed by atoms with E-state index in [9.17, 15) is 4.79 Å². The smallest absolute Gasteiger partial charge is 0.225 e. The summed E-state index contributed by atoms with van der Waals surface area (Å²) in [5, 5.41) is 6.39. The molecule has 4 unspecified atom stereocenters. The van der Waals surface area contributed by atoms with Crippen molar-refractivity contribution >= 4 is 5.91 Å². The van der Waals surface area contributed by atoms with Gasteiger partial charge in [-0.1, -0.05) is 0 Å². The third-order valence-corrected chi connectivity index (χ3v) is 3.75. The molecule has 1 amide bonds. The molecule has 2 N–H and O–H groups in total. The van der Waals surface area contributed by atoms with E-state index in [4.69, 9.17) is 4.74 Å². The van der Waals surface area contributed by atoms with Crippen LogP contribution in [0.15, 0.2) is 0 Å². The average molecular weight is 226 g/mol. The third kappa shape index (κ3) is 2.55. The molecule has 4 nitrogen and oxygen atoms in total. The summed E-state index contributed by atoms with van der Waals surface area (Å²) >= 11 is 0. The molecule has 4 heteroatoms. The second kappa shape index (κ2) is 5.15. The van der Waals surface area contributed by atoms with Crippen LogP contribution in [-0.2, 0) is 9.53 Å².